The molecule has 7 nitrogen and oxygen atoms in total. The van der Waals surface area contributed by atoms with Crippen molar-refractivity contribution < 1.29 is 18.7 Å². The fourth-order valence-corrected chi connectivity index (χ4v) is 2.51. The minimum absolute atomic E-state index is 0.145. The number of hydrogen-bond acceptors (Lipinski definition) is 4. The Morgan fingerprint density at radius 3 is 2.50 bits per heavy atom. The molecule has 0 saturated carbocycles. The first-order chi connectivity index (χ1) is 14.6. The normalized spacial score (nSPS) is 10.2. The van der Waals surface area contributed by atoms with E-state index < -0.39 is 0 Å². The molecule has 0 aliphatic carbocycles. The van der Waals surface area contributed by atoms with E-state index in [0.717, 1.165) is 5.56 Å². The Kier molecular flexibility index (Phi) is 7.32. The molecule has 2 aromatic carbocycles. The highest BCUT2D eigenvalue weighted by atomic mass is 19.1. The molecule has 0 atom stereocenters. The average molecular weight is 408 g/mol. The molecule has 0 saturated heterocycles. The van der Waals surface area contributed by atoms with Gasteiger partial charge in [0.2, 0.25) is 11.8 Å². The van der Waals surface area contributed by atoms with Crippen LogP contribution in [-0.4, -0.2) is 23.5 Å². The Balaban J connectivity index is 1.39. The van der Waals surface area contributed by atoms with E-state index in [1.54, 1.807) is 30.5 Å². The lowest BCUT2D eigenvalue weighted by Gasteiger charge is -2.09. The molecule has 0 unspecified atom stereocenters. The van der Waals surface area contributed by atoms with E-state index in [4.69, 9.17) is 4.74 Å². The highest BCUT2D eigenvalue weighted by Gasteiger charge is 2.06. The zero-order valence-electron chi connectivity index (χ0n) is 16.1. The average Bonchev–Trinajstić information content (AvgIpc) is 2.75. The van der Waals surface area contributed by atoms with Crippen LogP contribution in [0.15, 0.2) is 72.9 Å². The summed E-state index contributed by atoms with van der Waals surface area (Å²) in [6.45, 7) is 0.497. The quantitative estimate of drug-likeness (QED) is 0.528. The molecule has 1 heterocycles. The standard InChI is InChI=1S/C22H21FN4O3/c23-17-6-8-19(9-7-17)30-21-14-16(10-12-24-21)15-26-20(28)11-13-25-22(29)27-18-4-2-1-3-5-18/h1-10,12,14H,11,13,15H2,(H,26,28)(H2,25,27,29). The van der Waals surface area contributed by atoms with E-state index in [0.29, 0.717) is 17.3 Å². The summed E-state index contributed by atoms with van der Waals surface area (Å²) in [5.41, 5.74) is 1.47. The summed E-state index contributed by atoms with van der Waals surface area (Å²) in [6, 6.07) is 17.7. The van der Waals surface area contributed by atoms with Crippen LogP contribution < -0.4 is 20.7 Å². The molecule has 1 aromatic heterocycles. The van der Waals surface area contributed by atoms with Gasteiger partial charge in [0.15, 0.2) is 0 Å². The lowest BCUT2D eigenvalue weighted by molar-refractivity contribution is -0.121. The molecule has 0 bridgehead atoms. The topological polar surface area (TPSA) is 92.4 Å². The van der Waals surface area contributed by atoms with Gasteiger partial charge in [0, 0.05) is 37.5 Å². The summed E-state index contributed by atoms with van der Waals surface area (Å²) in [5.74, 6) is 0.254. The number of halogens is 1. The van der Waals surface area contributed by atoms with Gasteiger partial charge in [0.25, 0.3) is 0 Å². The number of anilines is 1. The third-order valence-corrected chi connectivity index (χ3v) is 3.99. The van der Waals surface area contributed by atoms with E-state index in [1.165, 1.54) is 24.3 Å². The van der Waals surface area contributed by atoms with Crippen molar-refractivity contribution in [2.75, 3.05) is 11.9 Å². The molecular formula is C22H21FN4O3. The van der Waals surface area contributed by atoms with Gasteiger partial charge < -0.3 is 20.7 Å². The Morgan fingerprint density at radius 1 is 0.967 bits per heavy atom. The maximum absolute atomic E-state index is 13.0. The first-order valence-electron chi connectivity index (χ1n) is 9.33. The first-order valence-corrected chi connectivity index (χ1v) is 9.33. The Bertz CT molecular complexity index is 981. The third kappa shape index (κ3) is 6.90. The van der Waals surface area contributed by atoms with Gasteiger partial charge in [-0.05, 0) is 48.0 Å². The molecular weight excluding hydrogens is 387 g/mol. The summed E-state index contributed by atoms with van der Waals surface area (Å²) in [5, 5.41) is 8.09. The van der Waals surface area contributed by atoms with Gasteiger partial charge in [0.05, 0.1) is 0 Å². The molecule has 0 aliphatic heterocycles. The van der Waals surface area contributed by atoms with Crippen molar-refractivity contribution in [3.05, 3.63) is 84.3 Å². The second kappa shape index (κ2) is 10.6. The lowest BCUT2D eigenvalue weighted by Crippen LogP contribution is -2.33. The van der Waals surface area contributed by atoms with Crippen molar-refractivity contribution in [1.29, 1.82) is 0 Å². The minimum Gasteiger partial charge on any atom is -0.439 e. The molecule has 0 spiro atoms. The number of aromatic nitrogens is 1. The second-order valence-corrected chi connectivity index (χ2v) is 6.33. The van der Waals surface area contributed by atoms with E-state index in [1.807, 2.05) is 18.2 Å². The van der Waals surface area contributed by atoms with Crippen LogP contribution in [0.4, 0.5) is 14.9 Å². The fourth-order valence-electron chi connectivity index (χ4n) is 2.51. The maximum Gasteiger partial charge on any atom is 0.319 e. The van der Waals surface area contributed by atoms with Crippen LogP contribution in [-0.2, 0) is 11.3 Å². The Labute approximate surface area is 173 Å². The van der Waals surface area contributed by atoms with Crippen molar-refractivity contribution in [2.24, 2.45) is 0 Å². The number of amides is 3. The van der Waals surface area contributed by atoms with Crippen molar-refractivity contribution >= 4 is 17.6 Å². The molecule has 8 heteroatoms. The Hall–Kier alpha value is -3.94. The van der Waals surface area contributed by atoms with Crippen LogP contribution in [0.3, 0.4) is 0 Å². The molecule has 154 valence electrons. The monoisotopic (exact) mass is 408 g/mol. The van der Waals surface area contributed by atoms with Gasteiger partial charge in [-0.2, -0.15) is 0 Å². The van der Waals surface area contributed by atoms with Crippen LogP contribution in [0.2, 0.25) is 0 Å². The number of nitrogens with one attached hydrogen (secondary N) is 3. The van der Waals surface area contributed by atoms with Crippen molar-refractivity contribution in [3.8, 4) is 11.6 Å². The van der Waals surface area contributed by atoms with Crippen LogP contribution in [0.1, 0.15) is 12.0 Å². The SMILES string of the molecule is O=C(CCNC(=O)Nc1ccccc1)NCc1ccnc(Oc2ccc(F)cc2)c1. The van der Waals surface area contributed by atoms with Crippen molar-refractivity contribution in [3.63, 3.8) is 0 Å². The smallest absolute Gasteiger partial charge is 0.319 e. The number of carbonyl (C=O) groups is 2. The summed E-state index contributed by atoms with van der Waals surface area (Å²) >= 11 is 0. The molecule has 3 aromatic rings. The van der Waals surface area contributed by atoms with Gasteiger partial charge in [-0.25, -0.2) is 14.2 Å². The van der Waals surface area contributed by atoms with Crippen LogP contribution in [0.5, 0.6) is 11.6 Å². The van der Waals surface area contributed by atoms with Crippen LogP contribution in [0.25, 0.3) is 0 Å². The van der Waals surface area contributed by atoms with Crippen LogP contribution >= 0.6 is 0 Å². The lowest BCUT2D eigenvalue weighted by atomic mass is 10.2. The number of urea groups is 1. The van der Waals surface area contributed by atoms with E-state index in [-0.39, 0.29) is 37.3 Å². The Morgan fingerprint density at radius 2 is 1.73 bits per heavy atom. The molecule has 0 radical (unpaired) electrons. The van der Waals surface area contributed by atoms with Gasteiger partial charge in [-0.3, -0.25) is 4.79 Å². The number of benzene rings is 2. The number of carbonyl (C=O) groups excluding carboxylic acids is 2. The third-order valence-electron chi connectivity index (χ3n) is 3.99. The zero-order chi connectivity index (χ0) is 21.2. The van der Waals surface area contributed by atoms with Gasteiger partial charge in [0.1, 0.15) is 11.6 Å². The van der Waals surface area contributed by atoms with Crippen molar-refractivity contribution in [1.82, 2.24) is 15.6 Å². The fraction of sp³-hybridized carbons (Fsp3) is 0.136. The zero-order valence-corrected chi connectivity index (χ0v) is 16.1. The van der Waals surface area contributed by atoms with Gasteiger partial charge in [-0.15, -0.1) is 0 Å². The highest BCUT2D eigenvalue weighted by Crippen LogP contribution is 2.20. The summed E-state index contributed by atoms with van der Waals surface area (Å²) < 4.78 is 18.5. The number of ether oxygens (including phenoxy) is 1. The number of rotatable bonds is 8. The van der Waals surface area contributed by atoms with E-state index in [2.05, 4.69) is 20.9 Å². The van der Waals surface area contributed by atoms with Crippen LogP contribution in [0, 0.1) is 5.82 Å². The number of nitrogens with zero attached hydrogens (tertiary/aromatic N) is 1. The number of para-hydroxylation sites is 1. The van der Waals surface area contributed by atoms with Crippen molar-refractivity contribution in [2.45, 2.75) is 13.0 Å². The van der Waals surface area contributed by atoms with Gasteiger partial charge >= 0.3 is 6.03 Å². The van der Waals surface area contributed by atoms with E-state index >= 15 is 0 Å². The maximum atomic E-state index is 13.0. The molecule has 30 heavy (non-hydrogen) atoms. The summed E-state index contributed by atoms with van der Waals surface area (Å²) in [7, 11) is 0. The number of pyridine rings is 1. The minimum atomic E-state index is -0.370. The predicted molar refractivity (Wildman–Crippen MR) is 111 cm³/mol. The largest absolute Gasteiger partial charge is 0.439 e. The molecule has 0 fully saturated rings. The molecule has 3 N–H and O–H groups in total. The first kappa shape index (κ1) is 20.8. The highest BCUT2D eigenvalue weighted by molar-refractivity contribution is 5.89. The van der Waals surface area contributed by atoms with E-state index in [9.17, 15) is 14.0 Å². The predicted octanol–water partition coefficient (Wildman–Crippen LogP) is 3.84. The molecule has 3 rings (SSSR count). The molecule has 0 aliphatic rings. The molecule has 3 amide bonds. The summed E-state index contributed by atoms with van der Waals surface area (Å²) in [4.78, 5) is 27.9. The van der Waals surface area contributed by atoms with Gasteiger partial charge in [-0.1, -0.05) is 18.2 Å². The second-order valence-electron chi connectivity index (χ2n) is 6.33. The summed E-state index contributed by atoms with van der Waals surface area (Å²) in [6.07, 6.45) is 1.71. The number of hydrogen-bond donors (Lipinski definition) is 3.